The highest BCUT2D eigenvalue weighted by Crippen LogP contribution is 2.17. The summed E-state index contributed by atoms with van der Waals surface area (Å²) in [6, 6.07) is 8.07. The van der Waals surface area contributed by atoms with E-state index in [1.807, 2.05) is 6.07 Å². The second-order valence-corrected chi connectivity index (χ2v) is 3.96. The maximum absolute atomic E-state index is 13.5. The second-order valence-electron chi connectivity index (χ2n) is 3.52. The number of rotatable bonds is 3. The first-order chi connectivity index (χ1) is 7.70. The highest BCUT2D eigenvalue weighted by atomic mass is 35.5. The van der Waals surface area contributed by atoms with Gasteiger partial charge in [0.2, 0.25) is 0 Å². The molecule has 1 N–H and O–H groups in total. The number of aliphatic hydroxyl groups excluding tert-OH is 1. The molecular formula is C12H11ClFNO. The first-order valence-corrected chi connectivity index (χ1v) is 5.27. The molecule has 1 aromatic heterocycles. The van der Waals surface area contributed by atoms with Crippen LogP contribution in [0.25, 0.3) is 0 Å². The lowest BCUT2D eigenvalue weighted by atomic mass is 10.2. The first-order valence-electron chi connectivity index (χ1n) is 4.89. The summed E-state index contributed by atoms with van der Waals surface area (Å²) in [4.78, 5) is 0. The van der Waals surface area contributed by atoms with E-state index in [9.17, 15) is 4.39 Å². The molecule has 0 spiro atoms. The third kappa shape index (κ3) is 2.26. The maximum Gasteiger partial charge on any atom is 0.128 e. The molecule has 84 valence electrons. The number of hydrogen-bond donors (Lipinski definition) is 1. The predicted molar refractivity (Wildman–Crippen MR) is 60.9 cm³/mol. The fraction of sp³-hybridized carbons (Fsp3) is 0.167. The molecular weight excluding hydrogens is 229 g/mol. The van der Waals surface area contributed by atoms with Crippen LogP contribution in [0.4, 0.5) is 4.39 Å². The number of aliphatic hydroxyl groups is 1. The Bertz CT molecular complexity index is 496. The Morgan fingerprint density at radius 1 is 1.31 bits per heavy atom. The summed E-state index contributed by atoms with van der Waals surface area (Å²) in [5.41, 5.74) is 1.26. The molecule has 0 saturated carbocycles. The van der Waals surface area contributed by atoms with Crippen molar-refractivity contribution in [2.45, 2.75) is 13.2 Å². The van der Waals surface area contributed by atoms with Crippen molar-refractivity contribution in [1.29, 1.82) is 0 Å². The number of benzene rings is 1. The van der Waals surface area contributed by atoms with Gasteiger partial charge in [-0.1, -0.05) is 11.6 Å². The normalized spacial score (nSPS) is 10.7. The minimum atomic E-state index is -0.290. The molecule has 2 rings (SSSR count). The zero-order valence-electron chi connectivity index (χ0n) is 8.53. The molecule has 0 unspecified atom stereocenters. The molecule has 0 aliphatic carbocycles. The largest absolute Gasteiger partial charge is 0.390 e. The van der Waals surface area contributed by atoms with Crippen LogP contribution < -0.4 is 0 Å². The molecule has 0 atom stereocenters. The summed E-state index contributed by atoms with van der Waals surface area (Å²) in [6.45, 7) is 0.310. The standard InChI is InChI=1S/C12H11ClFNO/c13-10-3-4-12(14)9(6-10)7-15-5-1-2-11(15)8-16/h1-6,16H,7-8H2. The second kappa shape index (κ2) is 4.68. The van der Waals surface area contributed by atoms with Gasteiger partial charge in [-0.3, -0.25) is 0 Å². The lowest BCUT2D eigenvalue weighted by Gasteiger charge is -2.08. The number of nitrogens with zero attached hydrogens (tertiary/aromatic N) is 1. The van der Waals surface area contributed by atoms with Crippen LogP contribution in [-0.4, -0.2) is 9.67 Å². The Labute approximate surface area is 97.9 Å². The van der Waals surface area contributed by atoms with E-state index in [0.717, 1.165) is 5.69 Å². The molecule has 0 amide bonds. The average Bonchev–Trinajstić information content (AvgIpc) is 2.71. The SMILES string of the molecule is OCc1cccn1Cc1cc(Cl)ccc1F. The number of hydrogen-bond acceptors (Lipinski definition) is 1. The van der Waals surface area contributed by atoms with Crippen LogP contribution in [0.1, 0.15) is 11.3 Å². The van der Waals surface area contributed by atoms with Crippen LogP contribution in [0.2, 0.25) is 5.02 Å². The molecule has 1 aromatic carbocycles. The fourth-order valence-electron chi connectivity index (χ4n) is 1.60. The average molecular weight is 240 g/mol. The minimum Gasteiger partial charge on any atom is -0.390 e. The van der Waals surface area contributed by atoms with E-state index in [-0.39, 0.29) is 12.4 Å². The van der Waals surface area contributed by atoms with E-state index in [4.69, 9.17) is 16.7 Å². The van der Waals surface area contributed by atoms with Crippen LogP contribution in [0.5, 0.6) is 0 Å². The summed E-state index contributed by atoms with van der Waals surface area (Å²) in [5, 5.41) is 9.58. The minimum absolute atomic E-state index is 0.0603. The summed E-state index contributed by atoms with van der Waals surface area (Å²) in [7, 11) is 0. The lowest BCUT2D eigenvalue weighted by Crippen LogP contribution is -2.04. The van der Waals surface area contributed by atoms with E-state index >= 15 is 0 Å². The predicted octanol–water partition coefficient (Wildman–Crippen LogP) is 2.82. The van der Waals surface area contributed by atoms with Crippen LogP contribution in [0.3, 0.4) is 0 Å². The monoisotopic (exact) mass is 239 g/mol. The first kappa shape index (κ1) is 11.2. The molecule has 2 nitrogen and oxygen atoms in total. The number of halogens is 2. The molecule has 4 heteroatoms. The van der Waals surface area contributed by atoms with E-state index in [1.54, 1.807) is 22.9 Å². The Kier molecular flexibility index (Phi) is 3.27. The highest BCUT2D eigenvalue weighted by Gasteiger charge is 2.06. The van der Waals surface area contributed by atoms with Gasteiger partial charge in [-0.15, -0.1) is 0 Å². The molecule has 0 aliphatic heterocycles. The van der Waals surface area contributed by atoms with Gasteiger partial charge in [0.25, 0.3) is 0 Å². The molecule has 1 heterocycles. The zero-order chi connectivity index (χ0) is 11.5. The van der Waals surface area contributed by atoms with Gasteiger partial charge in [0, 0.05) is 22.5 Å². The van der Waals surface area contributed by atoms with Gasteiger partial charge in [0.15, 0.2) is 0 Å². The van der Waals surface area contributed by atoms with Crippen LogP contribution in [0, 0.1) is 5.82 Å². The fourth-order valence-corrected chi connectivity index (χ4v) is 1.79. The van der Waals surface area contributed by atoms with E-state index < -0.39 is 0 Å². The lowest BCUT2D eigenvalue weighted by molar-refractivity contribution is 0.271. The molecule has 0 aliphatic rings. The Morgan fingerprint density at radius 2 is 2.12 bits per heavy atom. The summed E-state index contributed by atoms with van der Waals surface area (Å²) in [6.07, 6.45) is 1.80. The van der Waals surface area contributed by atoms with Crippen LogP contribution >= 0.6 is 11.6 Å². The molecule has 0 bridgehead atoms. The van der Waals surface area contributed by atoms with Crippen molar-refractivity contribution in [3.8, 4) is 0 Å². The third-order valence-corrected chi connectivity index (χ3v) is 2.67. The highest BCUT2D eigenvalue weighted by molar-refractivity contribution is 6.30. The number of aromatic nitrogens is 1. The van der Waals surface area contributed by atoms with Gasteiger partial charge in [-0.05, 0) is 30.3 Å². The van der Waals surface area contributed by atoms with Crippen LogP contribution in [0.15, 0.2) is 36.5 Å². The van der Waals surface area contributed by atoms with Crippen molar-refractivity contribution < 1.29 is 9.50 Å². The van der Waals surface area contributed by atoms with E-state index in [0.29, 0.717) is 17.1 Å². The van der Waals surface area contributed by atoms with Gasteiger partial charge in [-0.25, -0.2) is 4.39 Å². The summed E-state index contributed by atoms with van der Waals surface area (Å²) >= 11 is 5.81. The van der Waals surface area contributed by atoms with Gasteiger partial charge in [-0.2, -0.15) is 0 Å². The van der Waals surface area contributed by atoms with E-state index in [2.05, 4.69) is 0 Å². The molecule has 0 saturated heterocycles. The van der Waals surface area contributed by atoms with Crippen molar-refractivity contribution in [3.63, 3.8) is 0 Å². The zero-order valence-corrected chi connectivity index (χ0v) is 9.28. The quantitative estimate of drug-likeness (QED) is 0.876. The summed E-state index contributed by atoms with van der Waals surface area (Å²) < 4.78 is 15.2. The third-order valence-electron chi connectivity index (χ3n) is 2.43. The smallest absolute Gasteiger partial charge is 0.128 e. The molecule has 16 heavy (non-hydrogen) atoms. The van der Waals surface area contributed by atoms with Crippen molar-refractivity contribution in [1.82, 2.24) is 4.57 Å². The Balaban J connectivity index is 2.30. The van der Waals surface area contributed by atoms with E-state index in [1.165, 1.54) is 12.1 Å². The summed E-state index contributed by atoms with van der Waals surface area (Å²) in [5.74, 6) is -0.290. The van der Waals surface area contributed by atoms with Crippen molar-refractivity contribution in [2.75, 3.05) is 0 Å². The van der Waals surface area contributed by atoms with Crippen molar-refractivity contribution in [2.24, 2.45) is 0 Å². The van der Waals surface area contributed by atoms with Gasteiger partial charge in [0.1, 0.15) is 5.82 Å². The van der Waals surface area contributed by atoms with Crippen molar-refractivity contribution in [3.05, 3.63) is 58.6 Å². The van der Waals surface area contributed by atoms with Crippen LogP contribution in [-0.2, 0) is 13.2 Å². The Morgan fingerprint density at radius 3 is 2.88 bits per heavy atom. The van der Waals surface area contributed by atoms with Gasteiger partial charge in [0.05, 0.1) is 13.2 Å². The van der Waals surface area contributed by atoms with Gasteiger partial charge >= 0.3 is 0 Å². The maximum atomic E-state index is 13.5. The molecule has 0 fully saturated rings. The Hall–Kier alpha value is -1.32. The topological polar surface area (TPSA) is 25.2 Å². The van der Waals surface area contributed by atoms with Crippen molar-refractivity contribution >= 4 is 11.6 Å². The molecule has 2 aromatic rings. The molecule has 0 radical (unpaired) electrons. The van der Waals surface area contributed by atoms with Gasteiger partial charge < -0.3 is 9.67 Å².